The molecule has 7 nitrogen and oxygen atoms in total. The molecule has 0 bridgehead atoms. The Morgan fingerprint density at radius 1 is 1.16 bits per heavy atom. The summed E-state index contributed by atoms with van der Waals surface area (Å²) in [4.78, 5) is 19.2. The molecule has 25 heavy (non-hydrogen) atoms. The zero-order chi connectivity index (χ0) is 17.1. The molecule has 4 rings (SSSR count). The van der Waals surface area contributed by atoms with Crippen LogP contribution in [0.3, 0.4) is 0 Å². The molecule has 3 heterocycles. The zero-order valence-electron chi connectivity index (χ0n) is 14.1. The molecule has 2 aliphatic heterocycles. The molecule has 0 aliphatic carbocycles. The van der Waals surface area contributed by atoms with Crippen LogP contribution in [0.5, 0.6) is 0 Å². The summed E-state index contributed by atoms with van der Waals surface area (Å²) in [5.41, 5.74) is 1.15. The number of morpholine rings is 1. The van der Waals surface area contributed by atoms with E-state index in [0.29, 0.717) is 39.5 Å². The van der Waals surface area contributed by atoms with Crippen molar-refractivity contribution in [1.82, 2.24) is 19.7 Å². The van der Waals surface area contributed by atoms with Crippen LogP contribution in [0.2, 0.25) is 0 Å². The van der Waals surface area contributed by atoms with E-state index in [4.69, 9.17) is 9.47 Å². The van der Waals surface area contributed by atoms with Gasteiger partial charge in [0.1, 0.15) is 12.4 Å². The first-order chi connectivity index (χ1) is 12.3. The summed E-state index contributed by atoms with van der Waals surface area (Å²) < 4.78 is 12.9. The van der Waals surface area contributed by atoms with Crippen LogP contribution in [0, 0.1) is 5.92 Å². The second kappa shape index (κ2) is 7.33. The van der Waals surface area contributed by atoms with Crippen molar-refractivity contribution in [2.24, 2.45) is 5.92 Å². The Labute approximate surface area is 146 Å². The lowest BCUT2D eigenvalue weighted by Gasteiger charge is -2.36. The average molecular weight is 342 g/mol. The molecular weight excluding hydrogens is 320 g/mol. The first-order valence-electron chi connectivity index (χ1n) is 8.70. The van der Waals surface area contributed by atoms with E-state index in [1.54, 1.807) is 6.33 Å². The van der Waals surface area contributed by atoms with Gasteiger partial charge in [0, 0.05) is 13.2 Å². The van der Waals surface area contributed by atoms with Gasteiger partial charge in [-0.05, 0) is 12.0 Å². The van der Waals surface area contributed by atoms with Crippen molar-refractivity contribution in [2.75, 3.05) is 33.0 Å². The van der Waals surface area contributed by atoms with Gasteiger partial charge in [0.25, 0.3) is 0 Å². The lowest BCUT2D eigenvalue weighted by atomic mass is 10.1. The molecule has 2 fully saturated rings. The number of aromatic nitrogens is 3. The number of carbonyl (C=O) groups excluding carboxylic acids is 1. The monoisotopic (exact) mass is 342 g/mol. The Morgan fingerprint density at radius 3 is 2.80 bits per heavy atom. The Bertz CT molecular complexity index is 712. The number of hydrogen-bond acceptors (Lipinski definition) is 5. The molecule has 0 unspecified atom stereocenters. The van der Waals surface area contributed by atoms with Crippen molar-refractivity contribution >= 4 is 5.91 Å². The lowest BCUT2D eigenvalue weighted by molar-refractivity contribution is -0.145. The van der Waals surface area contributed by atoms with Gasteiger partial charge < -0.3 is 14.4 Å². The van der Waals surface area contributed by atoms with E-state index in [2.05, 4.69) is 22.2 Å². The van der Waals surface area contributed by atoms with Gasteiger partial charge in [-0.3, -0.25) is 4.79 Å². The van der Waals surface area contributed by atoms with E-state index < -0.39 is 0 Å². The van der Waals surface area contributed by atoms with Crippen molar-refractivity contribution < 1.29 is 14.3 Å². The summed E-state index contributed by atoms with van der Waals surface area (Å²) in [6.45, 7) is 3.39. The van der Waals surface area contributed by atoms with Gasteiger partial charge >= 0.3 is 0 Å². The normalized spacial score (nSPS) is 23.8. The van der Waals surface area contributed by atoms with Gasteiger partial charge in [-0.15, -0.1) is 0 Å². The first-order valence-corrected chi connectivity index (χ1v) is 8.70. The average Bonchev–Trinajstić information content (AvgIpc) is 3.34. The topological polar surface area (TPSA) is 69.5 Å². The molecule has 1 aromatic heterocycles. The number of ether oxygens (including phenoxy) is 2. The minimum Gasteiger partial charge on any atom is -0.381 e. The quantitative estimate of drug-likeness (QED) is 0.837. The van der Waals surface area contributed by atoms with Crippen molar-refractivity contribution in [2.45, 2.75) is 19.0 Å². The van der Waals surface area contributed by atoms with Crippen molar-refractivity contribution in [3.05, 3.63) is 48.0 Å². The van der Waals surface area contributed by atoms with Gasteiger partial charge in [-0.2, -0.15) is 5.10 Å². The lowest BCUT2D eigenvalue weighted by Crippen LogP contribution is -2.47. The largest absolute Gasteiger partial charge is 0.381 e. The highest BCUT2D eigenvalue weighted by atomic mass is 16.5. The fraction of sp³-hybridized carbons (Fsp3) is 0.500. The Hall–Kier alpha value is -2.25. The third-order valence-corrected chi connectivity index (χ3v) is 4.81. The number of rotatable bonds is 4. The standard InChI is InChI=1S/C18H22N4O3/c23-18(15-6-8-24-11-15)21-7-9-25-12-16(21)17-19-13-20-22(17)10-14-4-2-1-3-5-14/h1-5,13,15-16H,6-12H2/t15-,16+/m0/s1. The highest BCUT2D eigenvalue weighted by Gasteiger charge is 2.36. The minimum absolute atomic E-state index is 0.0499. The summed E-state index contributed by atoms with van der Waals surface area (Å²) >= 11 is 0. The molecule has 1 aromatic carbocycles. The highest BCUT2D eigenvalue weighted by Crippen LogP contribution is 2.27. The van der Waals surface area contributed by atoms with E-state index in [1.807, 2.05) is 27.8 Å². The van der Waals surface area contributed by atoms with Gasteiger partial charge in [0.2, 0.25) is 5.91 Å². The number of nitrogens with zero attached hydrogens (tertiary/aromatic N) is 4. The summed E-state index contributed by atoms with van der Waals surface area (Å²) in [5.74, 6) is 0.863. The third-order valence-electron chi connectivity index (χ3n) is 4.81. The maximum Gasteiger partial charge on any atom is 0.228 e. The van der Waals surface area contributed by atoms with E-state index in [-0.39, 0.29) is 17.9 Å². The molecular formula is C18H22N4O3. The van der Waals surface area contributed by atoms with Crippen molar-refractivity contribution in [3.63, 3.8) is 0 Å². The molecule has 0 spiro atoms. The summed E-state index contributed by atoms with van der Waals surface area (Å²) in [6, 6.07) is 9.92. The van der Waals surface area contributed by atoms with Crippen LogP contribution in [0.25, 0.3) is 0 Å². The molecule has 132 valence electrons. The van der Waals surface area contributed by atoms with Crippen LogP contribution < -0.4 is 0 Å². The molecule has 0 N–H and O–H groups in total. The highest BCUT2D eigenvalue weighted by molar-refractivity contribution is 5.79. The molecule has 2 atom stereocenters. The molecule has 2 aliphatic rings. The SMILES string of the molecule is O=C([C@H]1CCOC1)N1CCOC[C@@H]1c1ncnn1Cc1ccccc1. The molecule has 0 saturated carbocycles. The fourth-order valence-electron chi connectivity index (χ4n) is 3.45. The van der Waals surface area contributed by atoms with Crippen LogP contribution in [-0.2, 0) is 20.8 Å². The second-order valence-corrected chi connectivity index (χ2v) is 6.44. The molecule has 0 radical (unpaired) electrons. The first kappa shape index (κ1) is 16.2. The van der Waals surface area contributed by atoms with Crippen LogP contribution in [0.4, 0.5) is 0 Å². The van der Waals surface area contributed by atoms with E-state index in [9.17, 15) is 4.79 Å². The van der Waals surface area contributed by atoms with Gasteiger partial charge in [-0.25, -0.2) is 9.67 Å². The zero-order valence-corrected chi connectivity index (χ0v) is 14.1. The summed E-state index contributed by atoms with van der Waals surface area (Å²) in [5, 5.41) is 4.37. The number of carbonyl (C=O) groups is 1. The Kier molecular flexibility index (Phi) is 4.76. The van der Waals surface area contributed by atoms with E-state index in [1.165, 1.54) is 0 Å². The fourth-order valence-corrected chi connectivity index (χ4v) is 3.45. The molecule has 2 aromatic rings. The van der Waals surface area contributed by atoms with Gasteiger partial charge in [-0.1, -0.05) is 30.3 Å². The summed E-state index contributed by atoms with van der Waals surface area (Å²) in [7, 11) is 0. The third kappa shape index (κ3) is 3.43. The van der Waals surface area contributed by atoms with Crippen molar-refractivity contribution in [1.29, 1.82) is 0 Å². The number of hydrogen-bond donors (Lipinski definition) is 0. The predicted molar refractivity (Wildman–Crippen MR) is 89.8 cm³/mol. The minimum atomic E-state index is -0.201. The maximum absolute atomic E-state index is 12.9. The predicted octanol–water partition coefficient (Wildman–Crippen LogP) is 1.26. The van der Waals surface area contributed by atoms with Crippen LogP contribution in [0.15, 0.2) is 36.7 Å². The van der Waals surface area contributed by atoms with E-state index in [0.717, 1.165) is 17.8 Å². The maximum atomic E-state index is 12.9. The Morgan fingerprint density at radius 2 is 2.00 bits per heavy atom. The molecule has 2 saturated heterocycles. The van der Waals surface area contributed by atoms with Crippen LogP contribution >= 0.6 is 0 Å². The second-order valence-electron chi connectivity index (χ2n) is 6.44. The number of amides is 1. The molecule has 7 heteroatoms. The van der Waals surface area contributed by atoms with Gasteiger partial charge in [0.15, 0.2) is 5.82 Å². The van der Waals surface area contributed by atoms with Gasteiger partial charge in [0.05, 0.1) is 32.3 Å². The Balaban J connectivity index is 1.56. The summed E-state index contributed by atoms with van der Waals surface area (Å²) in [6.07, 6.45) is 2.34. The van der Waals surface area contributed by atoms with E-state index >= 15 is 0 Å². The van der Waals surface area contributed by atoms with Crippen LogP contribution in [-0.4, -0.2) is 58.5 Å². The van der Waals surface area contributed by atoms with Crippen molar-refractivity contribution in [3.8, 4) is 0 Å². The van der Waals surface area contributed by atoms with Crippen LogP contribution in [0.1, 0.15) is 23.9 Å². The molecule has 1 amide bonds. The number of benzene rings is 1. The smallest absolute Gasteiger partial charge is 0.228 e.